The van der Waals surface area contributed by atoms with Gasteiger partial charge in [-0.05, 0) is 38.3 Å². The zero-order chi connectivity index (χ0) is 17.6. The summed E-state index contributed by atoms with van der Waals surface area (Å²) in [5.74, 6) is 0.245. The highest BCUT2D eigenvalue weighted by atomic mass is 16.5. The van der Waals surface area contributed by atoms with E-state index < -0.39 is 0 Å². The minimum atomic E-state index is -0.0554. The van der Waals surface area contributed by atoms with Crippen molar-refractivity contribution in [1.82, 2.24) is 9.80 Å². The molecule has 25 heavy (non-hydrogen) atoms. The van der Waals surface area contributed by atoms with E-state index in [1.165, 1.54) is 5.56 Å². The fraction of sp³-hybridized carbons (Fsp3) is 0.650. The van der Waals surface area contributed by atoms with E-state index in [4.69, 9.17) is 4.74 Å². The lowest BCUT2D eigenvalue weighted by Gasteiger charge is -2.40. The molecule has 1 aromatic carbocycles. The van der Waals surface area contributed by atoms with Crippen molar-refractivity contribution in [3.8, 4) is 0 Å². The third-order valence-electron chi connectivity index (χ3n) is 5.44. The Morgan fingerprint density at radius 2 is 1.92 bits per heavy atom. The van der Waals surface area contributed by atoms with Crippen molar-refractivity contribution in [2.45, 2.75) is 32.7 Å². The second-order valence-corrected chi connectivity index (χ2v) is 6.97. The normalized spacial score (nSPS) is 20.3. The van der Waals surface area contributed by atoms with E-state index in [-0.39, 0.29) is 11.9 Å². The molecule has 2 heterocycles. The van der Waals surface area contributed by atoms with Crippen molar-refractivity contribution in [2.75, 3.05) is 57.4 Å². The van der Waals surface area contributed by atoms with Gasteiger partial charge in [0.2, 0.25) is 5.91 Å². The molecule has 5 heteroatoms. The molecule has 138 valence electrons. The molecule has 1 fully saturated rings. The van der Waals surface area contributed by atoms with Gasteiger partial charge < -0.3 is 9.64 Å². The van der Waals surface area contributed by atoms with Crippen LogP contribution in [0.5, 0.6) is 0 Å². The van der Waals surface area contributed by atoms with Crippen molar-refractivity contribution < 1.29 is 9.53 Å². The third kappa shape index (κ3) is 4.40. The molecule has 1 aromatic rings. The minimum Gasteiger partial charge on any atom is -0.380 e. The average Bonchev–Trinajstić information content (AvgIpc) is 2.67. The van der Waals surface area contributed by atoms with Gasteiger partial charge in [-0.15, -0.1) is 0 Å². The van der Waals surface area contributed by atoms with Gasteiger partial charge in [-0.25, -0.2) is 0 Å². The van der Waals surface area contributed by atoms with Crippen molar-refractivity contribution in [2.24, 2.45) is 0 Å². The maximum atomic E-state index is 13.1. The lowest BCUT2D eigenvalue weighted by Crippen LogP contribution is -2.55. The summed E-state index contributed by atoms with van der Waals surface area (Å²) >= 11 is 0. The summed E-state index contributed by atoms with van der Waals surface area (Å²) in [5.41, 5.74) is 2.41. The highest BCUT2D eigenvalue weighted by Gasteiger charge is 2.31. The number of carbonyl (C=O) groups excluding carboxylic acids is 1. The zero-order valence-electron chi connectivity index (χ0n) is 15.6. The Hall–Kier alpha value is -1.43. The van der Waals surface area contributed by atoms with Crippen LogP contribution in [0.2, 0.25) is 0 Å². The van der Waals surface area contributed by atoms with Gasteiger partial charge in [0.25, 0.3) is 0 Å². The predicted molar refractivity (Wildman–Crippen MR) is 101 cm³/mol. The molecule has 0 aromatic heterocycles. The number of ether oxygens (including phenoxy) is 1. The second kappa shape index (κ2) is 8.79. The lowest BCUT2D eigenvalue weighted by molar-refractivity contribution is -0.124. The smallest absolute Gasteiger partial charge is 0.244 e. The van der Waals surface area contributed by atoms with Crippen LogP contribution in [0, 0.1) is 0 Å². The summed E-state index contributed by atoms with van der Waals surface area (Å²) in [4.78, 5) is 19.9. The first-order valence-corrected chi connectivity index (χ1v) is 9.64. The molecule has 0 spiro atoms. The Morgan fingerprint density at radius 1 is 1.16 bits per heavy atom. The van der Waals surface area contributed by atoms with Gasteiger partial charge in [0, 0.05) is 51.6 Å². The van der Waals surface area contributed by atoms with E-state index in [2.05, 4.69) is 34.9 Å². The molecule has 2 aliphatic rings. The minimum absolute atomic E-state index is 0.0554. The Kier molecular flexibility index (Phi) is 6.45. The van der Waals surface area contributed by atoms with Gasteiger partial charge in [0.15, 0.2) is 0 Å². The van der Waals surface area contributed by atoms with E-state index >= 15 is 0 Å². The number of fused-ring (bicyclic) bond motifs is 1. The molecular formula is C20H31N3O2. The van der Waals surface area contributed by atoms with Gasteiger partial charge in [-0.3, -0.25) is 14.6 Å². The Bertz CT molecular complexity index is 570. The van der Waals surface area contributed by atoms with Crippen LogP contribution in [0.4, 0.5) is 5.69 Å². The van der Waals surface area contributed by atoms with Crippen LogP contribution in [-0.2, 0) is 16.0 Å². The second-order valence-electron chi connectivity index (χ2n) is 6.97. The Morgan fingerprint density at radius 3 is 2.68 bits per heavy atom. The molecule has 0 N–H and O–H groups in total. The van der Waals surface area contributed by atoms with E-state index in [1.54, 1.807) is 0 Å². The van der Waals surface area contributed by atoms with Crippen LogP contribution in [0.3, 0.4) is 0 Å². The van der Waals surface area contributed by atoms with E-state index in [1.807, 2.05) is 17.9 Å². The molecule has 0 unspecified atom stereocenters. The predicted octanol–water partition coefficient (Wildman–Crippen LogP) is 2.01. The van der Waals surface area contributed by atoms with Crippen molar-refractivity contribution >= 4 is 11.6 Å². The molecule has 2 aliphatic heterocycles. The zero-order valence-corrected chi connectivity index (χ0v) is 15.6. The molecule has 0 radical (unpaired) electrons. The van der Waals surface area contributed by atoms with Crippen molar-refractivity contribution in [3.05, 3.63) is 29.8 Å². The molecular weight excluding hydrogens is 314 g/mol. The first-order valence-electron chi connectivity index (χ1n) is 9.64. The van der Waals surface area contributed by atoms with Gasteiger partial charge in [-0.2, -0.15) is 0 Å². The summed E-state index contributed by atoms with van der Waals surface area (Å²) in [7, 11) is 0. The average molecular weight is 345 g/mol. The summed E-state index contributed by atoms with van der Waals surface area (Å²) in [6, 6.07) is 8.28. The number of para-hydroxylation sites is 1. The molecule has 5 nitrogen and oxygen atoms in total. The van der Waals surface area contributed by atoms with Gasteiger partial charge >= 0.3 is 0 Å². The first-order chi connectivity index (χ1) is 12.2. The van der Waals surface area contributed by atoms with Gasteiger partial charge in [0.05, 0.1) is 12.6 Å². The quantitative estimate of drug-likeness (QED) is 0.739. The van der Waals surface area contributed by atoms with Gasteiger partial charge in [0.1, 0.15) is 0 Å². The number of amides is 1. The highest BCUT2D eigenvalue weighted by molar-refractivity contribution is 5.98. The number of anilines is 1. The highest BCUT2D eigenvalue weighted by Crippen LogP contribution is 2.27. The maximum absolute atomic E-state index is 13.1. The summed E-state index contributed by atoms with van der Waals surface area (Å²) in [6.45, 7) is 11.4. The third-order valence-corrected chi connectivity index (χ3v) is 5.44. The first kappa shape index (κ1) is 18.4. The summed E-state index contributed by atoms with van der Waals surface area (Å²) < 4.78 is 5.45. The number of hydrogen-bond donors (Lipinski definition) is 0. The molecule has 1 atom stereocenters. The van der Waals surface area contributed by atoms with E-state index in [0.29, 0.717) is 0 Å². The van der Waals surface area contributed by atoms with Crippen LogP contribution in [0.25, 0.3) is 0 Å². The molecule has 3 rings (SSSR count). The van der Waals surface area contributed by atoms with Crippen LogP contribution in [0.1, 0.15) is 25.8 Å². The number of rotatable bonds is 6. The molecule has 1 saturated heterocycles. The fourth-order valence-corrected chi connectivity index (χ4v) is 3.86. The van der Waals surface area contributed by atoms with Crippen LogP contribution < -0.4 is 4.90 Å². The number of hydrogen-bond acceptors (Lipinski definition) is 4. The Balaban J connectivity index is 1.55. The monoisotopic (exact) mass is 345 g/mol. The SMILES string of the molecule is CCOCCN1CCN([C@H](C)C(=O)N2CCCc3ccccc32)CC1. The van der Waals surface area contributed by atoms with E-state index in [9.17, 15) is 4.79 Å². The molecule has 0 saturated carbocycles. The van der Waals surface area contributed by atoms with Crippen molar-refractivity contribution in [1.29, 1.82) is 0 Å². The molecule has 0 aliphatic carbocycles. The standard InChI is InChI=1S/C20H31N3O2/c1-3-25-16-15-21-11-13-22(14-12-21)17(2)20(24)23-10-6-8-18-7-4-5-9-19(18)23/h4-5,7,9,17H,3,6,8,10-16H2,1-2H3/t17-/m1/s1. The maximum Gasteiger partial charge on any atom is 0.244 e. The van der Waals surface area contributed by atoms with Crippen molar-refractivity contribution in [3.63, 3.8) is 0 Å². The fourth-order valence-electron chi connectivity index (χ4n) is 3.86. The number of aryl methyl sites for hydroxylation is 1. The van der Waals surface area contributed by atoms with Crippen LogP contribution in [0.15, 0.2) is 24.3 Å². The summed E-state index contributed by atoms with van der Waals surface area (Å²) in [5, 5.41) is 0. The molecule has 1 amide bonds. The number of carbonyl (C=O) groups is 1. The Labute approximate surface area is 151 Å². The van der Waals surface area contributed by atoms with Crippen LogP contribution in [-0.4, -0.2) is 74.2 Å². The van der Waals surface area contributed by atoms with Gasteiger partial charge in [-0.1, -0.05) is 18.2 Å². The number of piperazine rings is 1. The largest absolute Gasteiger partial charge is 0.380 e. The summed E-state index contributed by atoms with van der Waals surface area (Å²) in [6.07, 6.45) is 2.13. The lowest BCUT2D eigenvalue weighted by atomic mass is 10.0. The number of benzene rings is 1. The molecule has 0 bridgehead atoms. The van der Waals surface area contributed by atoms with Crippen LogP contribution >= 0.6 is 0 Å². The number of nitrogens with zero attached hydrogens (tertiary/aromatic N) is 3. The topological polar surface area (TPSA) is 36.0 Å². The van der Waals surface area contributed by atoms with E-state index in [0.717, 1.165) is 71.0 Å².